The van der Waals surface area contributed by atoms with Crippen molar-refractivity contribution in [2.24, 2.45) is 0 Å². The molecule has 3 aromatic carbocycles. The molecule has 0 radical (unpaired) electrons. The Labute approximate surface area is 182 Å². The van der Waals surface area contributed by atoms with Gasteiger partial charge < -0.3 is 10.1 Å². The highest BCUT2D eigenvalue weighted by Crippen LogP contribution is 2.18. The Kier molecular flexibility index (Phi) is 7.06. The van der Waals surface area contributed by atoms with Crippen LogP contribution in [-0.2, 0) is 26.1 Å². The summed E-state index contributed by atoms with van der Waals surface area (Å²) in [5, 5.41) is 11.6. The molecule has 0 fully saturated rings. The molecule has 31 heavy (non-hydrogen) atoms. The van der Waals surface area contributed by atoms with Gasteiger partial charge in [-0.1, -0.05) is 42.5 Å². The quantitative estimate of drug-likeness (QED) is 0.576. The largest absolute Gasteiger partial charge is 0.481 e. The van der Waals surface area contributed by atoms with Crippen molar-refractivity contribution in [2.45, 2.75) is 24.5 Å². The molecule has 0 aliphatic carbocycles. The second kappa shape index (κ2) is 9.92. The second-order valence-electron chi connectivity index (χ2n) is 7.10. The lowest BCUT2D eigenvalue weighted by Crippen LogP contribution is -2.30. The summed E-state index contributed by atoms with van der Waals surface area (Å²) in [6, 6.07) is 24.3. The van der Waals surface area contributed by atoms with Crippen molar-refractivity contribution < 1.29 is 17.9 Å². The maximum absolute atomic E-state index is 12.5. The first kappa shape index (κ1) is 22.1. The van der Waals surface area contributed by atoms with Gasteiger partial charge in [-0.05, 0) is 54.4 Å². The van der Waals surface area contributed by atoms with Crippen molar-refractivity contribution in [2.75, 3.05) is 5.32 Å². The Hall–Kier alpha value is -3.63. The van der Waals surface area contributed by atoms with Crippen LogP contribution in [0, 0.1) is 11.3 Å². The SMILES string of the molecule is CC(Oc1ccc(C#N)cc1)C(=O)Nc1cccc(CS(=O)(=O)Cc2ccccc2)c1. The molecular formula is C24H22N2O4S. The highest BCUT2D eigenvalue weighted by atomic mass is 32.2. The number of nitrogens with zero attached hydrogens (tertiary/aromatic N) is 1. The molecular weight excluding hydrogens is 412 g/mol. The van der Waals surface area contributed by atoms with Gasteiger partial charge in [-0.15, -0.1) is 0 Å². The summed E-state index contributed by atoms with van der Waals surface area (Å²) in [4.78, 5) is 12.5. The van der Waals surface area contributed by atoms with Crippen LogP contribution in [0.1, 0.15) is 23.6 Å². The third kappa shape index (κ3) is 6.69. The fourth-order valence-electron chi connectivity index (χ4n) is 2.98. The molecule has 1 unspecified atom stereocenters. The summed E-state index contributed by atoms with van der Waals surface area (Å²) >= 11 is 0. The average molecular weight is 435 g/mol. The van der Waals surface area contributed by atoms with Crippen LogP contribution < -0.4 is 10.1 Å². The number of hydrogen-bond donors (Lipinski definition) is 1. The molecule has 0 aliphatic heterocycles. The number of carbonyl (C=O) groups excluding carboxylic acids is 1. The minimum absolute atomic E-state index is 0.0418. The number of nitrogens with one attached hydrogen (secondary N) is 1. The van der Waals surface area contributed by atoms with E-state index in [0.717, 1.165) is 5.56 Å². The van der Waals surface area contributed by atoms with Gasteiger partial charge in [0, 0.05) is 5.69 Å². The number of nitriles is 1. The standard InChI is InChI=1S/C24H22N2O4S/c1-18(30-23-12-10-19(15-25)11-13-23)24(27)26-22-9-5-8-21(14-22)17-31(28,29)16-20-6-3-2-4-7-20/h2-14,18H,16-17H2,1H3,(H,26,27). The summed E-state index contributed by atoms with van der Waals surface area (Å²) in [5.41, 5.74) is 2.33. The lowest BCUT2D eigenvalue weighted by molar-refractivity contribution is -0.122. The number of ether oxygens (including phenoxy) is 1. The molecule has 0 bridgehead atoms. The van der Waals surface area contributed by atoms with E-state index in [2.05, 4.69) is 5.32 Å². The Morgan fingerprint density at radius 1 is 0.968 bits per heavy atom. The Bertz CT molecular complexity index is 1180. The second-order valence-corrected chi connectivity index (χ2v) is 9.17. The van der Waals surface area contributed by atoms with Crippen LogP contribution in [0.4, 0.5) is 5.69 Å². The molecule has 6 nitrogen and oxygen atoms in total. The summed E-state index contributed by atoms with van der Waals surface area (Å²) in [6.07, 6.45) is -0.779. The number of sulfone groups is 1. The van der Waals surface area contributed by atoms with E-state index in [1.54, 1.807) is 67.6 Å². The van der Waals surface area contributed by atoms with Crippen molar-refractivity contribution in [3.8, 4) is 11.8 Å². The van der Waals surface area contributed by atoms with Crippen LogP contribution >= 0.6 is 0 Å². The van der Waals surface area contributed by atoms with Crippen LogP contribution in [-0.4, -0.2) is 20.4 Å². The molecule has 3 aromatic rings. The van der Waals surface area contributed by atoms with Gasteiger partial charge in [0.25, 0.3) is 5.91 Å². The average Bonchev–Trinajstić information content (AvgIpc) is 2.74. The third-order valence-electron chi connectivity index (χ3n) is 4.48. The highest BCUT2D eigenvalue weighted by Gasteiger charge is 2.17. The Morgan fingerprint density at radius 3 is 2.29 bits per heavy atom. The maximum atomic E-state index is 12.5. The summed E-state index contributed by atoms with van der Waals surface area (Å²) in [5.74, 6) is -0.0564. The molecule has 0 heterocycles. The minimum Gasteiger partial charge on any atom is -0.481 e. The van der Waals surface area contributed by atoms with Gasteiger partial charge >= 0.3 is 0 Å². The van der Waals surface area contributed by atoms with Crippen LogP contribution in [0.3, 0.4) is 0 Å². The fraction of sp³-hybridized carbons (Fsp3) is 0.167. The summed E-state index contributed by atoms with van der Waals surface area (Å²) in [7, 11) is -3.36. The van der Waals surface area contributed by atoms with Gasteiger partial charge in [0.2, 0.25) is 0 Å². The lowest BCUT2D eigenvalue weighted by atomic mass is 10.2. The van der Waals surface area contributed by atoms with Crippen molar-refractivity contribution in [3.63, 3.8) is 0 Å². The number of anilines is 1. The smallest absolute Gasteiger partial charge is 0.265 e. The molecule has 1 amide bonds. The van der Waals surface area contributed by atoms with Gasteiger partial charge in [-0.3, -0.25) is 4.79 Å². The lowest BCUT2D eigenvalue weighted by Gasteiger charge is -2.15. The molecule has 0 saturated carbocycles. The van der Waals surface area contributed by atoms with E-state index in [0.29, 0.717) is 22.6 Å². The maximum Gasteiger partial charge on any atom is 0.265 e. The number of benzene rings is 3. The monoisotopic (exact) mass is 434 g/mol. The van der Waals surface area contributed by atoms with E-state index in [9.17, 15) is 13.2 Å². The van der Waals surface area contributed by atoms with Gasteiger partial charge in [0.15, 0.2) is 15.9 Å². The zero-order valence-electron chi connectivity index (χ0n) is 17.0. The molecule has 0 spiro atoms. The van der Waals surface area contributed by atoms with E-state index in [4.69, 9.17) is 10.00 Å². The van der Waals surface area contributed by atoms with Crippen LogP contribution in [0.5, 0.6) is 5.75 Å². The number of carbonyl (C=O) groups is 1. The van der Waals surface area contributed by atoms with E-state index < -0.39 is 15.9 Å². The number of hydrogen-bond acceptors (Lipinski definition) is 5. The first-order valence-corrected chi connectivity index (χ1v) is 11.5. The van der Waals surface area contributed by atoms with Crippen molar-refractivity contribution in [1.82, 2.24) is 0 Å². The number of amides is 1. The van der Waals surface area contributed by atoms with Crippen molar-refractivity contribution in [3.05, 3.63) is 95.6 Å². The topological polar surface area (TPSA) is 96.3 Å². The molecule has 3 rings (SSSR count). The third-order valence-corrected chi connectivity index (χ3v) is 6.02. The molecule has 0 aromatic heterocycles. The highest BCUT2D eigenvalue weighted by molar-refractivity contribution is 7.89. The molecule has 1 N–H and O–H groups in total. The molecule has 0 saturated heterocycles. The van der Waals surface area contributed by atoms with Crippen LogP contribution in [0.2, 0.25) is 0 Å². The fourth-order valence-corrected chi connectivity index (χ4v) is 4.47. The number of rotatable bonds is 8. The first-order valence-electron chi connectivity index (χ1n) is 9.65. The zero-order valence-corrected chi connectivity index (χ0v) is 17.8. The summed E-state index contributed by atoms with van der Waals surface area (Å²) < 4.78 is 30.7. The summed E-state index contributed by atoms with van der Waals surface area (Å²) in [6.45, 7) is 1.61. The van der Waals surface area contributed by atoms with E-state index in [1.165, 1.54) is 0 Å². The van der Waals surface area contributed by atoms with Crippen molar-refractivity contribution in [1.29, 1.82) is 5.26 Å². The van der Waals surface area contributed by atoms with E-state index in [1.807, 2.05) is 24.3 Å². The van der Waals surface area contributed by atoms with Crippen LogP contribution in [0.25, 0.3) is 0 Å². The van der Waals surface area contributed by atoms with Gasteiger partial charge in [-0.25, -0.2) is 8.42 Å². The first-order chi connectivity index (χ1) is 14.8. The van der Waals surface area contributed by atoms with Crippen LogP contribution in [0.15, 0.2) is 78.9 Å². The molecule has 7 heteroatoms. The zero-order chi connectivity index (χ0) is 22.3. The van der Waals surface area contributed by atoms with Gasteiger partial charge in [-0.2, -0.15) is 5.26 Å². The molecule has 158 valence electrons. The Balaban J connectivity index is 1.61. The molecule has 0 aliphatic rings. The normalized spacial score (nSPS) is 11.9. The Morgan fingerprint density at radius 2 is 1.61 bits per heavy atom. The molecule has 1 atom stereocenters. The predicted octanol–water partition coefficient (Wildman–Crippen LogP) is 4.08. The van der Waals surface area contributed by atoms with E-state index >= 15 is 0 Å². The van der Waals surface area contributed by atoms with Gasteiger partial charge in [0.05, 0.1) is 23.1 Å². The van der Waals surface area contributed by atoms with Crippen molar-refractivity contribution >= 4 is 21.4 Å². The minimum atomic E-state index is -3.36. The van der Waals surface area contributed by atoms with E-state index in [-0.39, 0.29) is 17.4 Å². The van der Waals surface area contributed by atoms with Gasteiger partial charge in [0.1, 0.15) is 5.75 Å². The predicted molar refractivity (Wildman–Crippen MR) is 119 cm³/mol.